The van der Waals surface area contributed by atoms with Gasteiger partial charge in [-0.3, -0.25) is 0 Å². The van der Waals surface area contributed by atoms with Crippen molar-refractivity contribution in [2.45, 2.75) is 25.2 Å². The van der Waals surface area contributed by atoms with Crippen molar-refractivity contribution in [3.05, 3.63) is 30.6 Å². The summed E-state index contributed by atoms with van der Waals surface area (Å²) < 4.78 is 43.5. The fraction of sp³-hybridized carbons (Fsp3) is 0.353. The van der Waals surface area contributed by atoms with Crippen LogP contribution in [0.4, 0.5) is 19.0 Å². The maximum Gasteiger partial charge on any atom is 0.573 e. The number of hydrogen-bond donors (Lipinski definition) is 2. The summed E-state index contributed by atoms with van der Waals surface area (Å²) in [7, 11) is 0. The van der Waals surface area contributed by atoms with E-state index in [0.29, 0.717) is 22.3 Å². The standard InChI is InChI=1S/C17H17F3N6O/c18-17(19,20)27-12-5-1-3-10(7-12)14-13-15(21)23-9-24-16(13)26(25-14)11-4-2-6-22-8-11/h1,3,5,7,9,11,22H,2,4,6,8H2,(H2,21,23,24)/t11-/m1/s1. The van der Waals surface area contributed by atoms with Gasteiger partial charge in [0.2, 0.25) is 0 Å². The van der Waals surface area contributed by atoms with E-state index in [4.69, 9.17) is 5.73 Å². The van der Waals surface area contributed by atoms with Crippen LogP contribution in [0, 0.1) is 0 Å². The highest BCUT2D eigenvalue weighted by atomic mass is 19.4. The van der Waals surface area contributed by atoms with Gasteiger partial charge in [-0.2, -0.15) is 5.10 Å². The van der Waals surface area contributed by atoms with Crippen LogP contribution in [0.25, 0.3) is 22.3 Å². The summed E-state index contributed by atoms with van der Waals surface area (Å²) in [4.78, 5) is 8.34. The molecule has 2 aromatic heterocycles. The Morgan fingerprint density at radius 3 is 2.85 bits per heavy atom. The topological polar surface area (TPSA) is 90.9 Å². The maximum absolute atomic E-state index is 12.6. The number of halogens is 3. The number of rotatable bonds is 3. The van der Waals surface area contributed by atoms with E-state index in [-0.39, 0.29) is 17.6 Å². The second-order valence-electron chi connectivity index (χ2n) is 6.33. The summed E-state index contributed by atoms with van der Waals surface area (Å²) in [5, 5.41) is 8.48. The molecule has 1 aliphatic heterocycles. The summed E-state index contributed by atoms with van der Waals surface area (Å²) in [5.74, 6) is -0.0929. The highest BCUT2D eigenvalue weighted by Gasteiger charge is 2.31. The smallest absolute Gasteiger partial charge is 0.406 e. The molecule has 3 heterocycles. The maximum atomic E-state index is 12.6. The van der Waals surface area contributed by atoms with E-state index in [1.165, 1.54) is 24.5 Å². The molecule has 1 aliphatic rings. The molecule has 0 spiro atoms. The number of nitrogens with one attached hydrogen (secondary N) is 1. The average Bonchev–Trinajstić information content (AvgIpc) is 3.02. The Morgan fingerprint density at radius 1 is 1.26 bits per heavy atom. The third-order valence-electron chi connectivity index (χ3n) is 4.48. The van der Waals surface area contributed by atoms with E-state index < -0.39 is 6.36 Å². The lowest BCUT2D eigenvalue weighted by atomic mass is 10.1. The molecule has 3 N–H and O–H groups in total. The van der Waals surface area contributed by atoms with Gasteiger partial charge in [0.25, 0.3) is 0 Å². The largest absolute Gasteiger partial charge is 0.573 e. The summed E-state index contributed by atoms with van der Waals surface area (Å²) >= 11 is 0. The van der Waals surface area contributed by atoms with Crippen molar-refractivity contribution in [2.24, 2.45) is 0 Å². The van der Waals surface area contributed by atoms with E-state index in [0.717, 1.165) is 25.9 Å². The number of alkyl halides is 3. The molecular weight excluding hydrogens is 361 g/mol. The monoisotopic (exact) mass is 378 g/mol. The Balaban J connectivity index is 1.83. The van der Waals surface area contributed by atoms with Gasteiger partial charge in [-0.15, -0.1) is 13.2 Å². The van der Waals surface area contributed by atoms with Crippen molar-refractivity contribution in [1.82, 2.24) is 25.1 Å². The molecule has 1 aromatic carbocycles. The van der Waals surface area contributed by atoms with E-state index in [2.05, 4.69) is 25.1 Å². The van der Waals surface area contributed by atoms with E-state index in [1.54, 1.807) is 10.7 Å². The van der Waals surface area contributed by atoms with Crippen molar-refractivity contribution in [3.63, 3.8) is 0 Å². The fourth-order valence-corrected chi connectivity index (χ4v) is 3.33. The number of anilines is 1. The first-order valence-electron chi connectivity index (χ1n) is 8.48. The number of piperidine rings is 1. The zero-order chi connectivity index (χ0) is 19.0. The minimum absolute atomic E-state index is 0.0823. The number of nitrogens with two attached hydrogens (primary N) is 1. The lowest BCUT2D eigenvalue weighted by Gasteiger charge is -2.23. The quantitative estimate of drug-likeness (QED) is 0.728. The van der Waals surface area contributed by atoms with Crippen LogP contribution in [0.5, 0.6) is 5.75 Å². The molecule has 0 bridgehead atoms. The van der Waals surface area contributed by atoms with Crippen LogP contribution in [0.1, 0.15) is 18.9 Å². The van der Waals surface area contributed by atoms with Crippen molar-refractivity contribution >= 4 is 16.9 Å². The van der Waals surface area contributed by atoms with Gasteiger partial charge < -0.3 is 15.8 Å². The summed E-state index contributed by atoms with van der Waals surface area (Å²) in [6.45, 7) is 1.67. The normalized spacial score (nSPS) is 18.0. The van der Waals surface area contributed by atoms with Crippen LogP contribution < -0.4 is 15.8 Å². The van der Waals surface area contributed by atoms with Gasteiger partial charge in [-0.25, -0.2) is 14.6 Å². The van der Waals surface area contributed by atoms with Crippen molar-refractivity contribution < 1.29 is 17.9 Å². The molecule has 3 aromatic rings. The third kappa shape index (κ3) is 3.52. The van der Waals surface area contributed by atoms with E-state index >= 15 is 0 Å². The molecule has 1 atom stereocenters. The van der Waals surface area contributed by atoms with Gasteiger partial charge in [0.1, 0.15) is 23.6 Å². The van der Waals surface area contributed by atoms with Gasteiger partial charge in [0.15, 0.2) is 5.65 Å². The molecule has 142 valence electrons. The van der Waals surface area contributed by atoms with Gasteiger partial charge in [0.05, 0.1) is 11.4 Å². The second kappa shape index (κ2) is 6.69. The van der Waals surface area contributed by atoms with E-state index in [1.807, 2.05) is 0 Å². The number of fused-ring (bicyclic) bond motifs is 1. The van der Waals surface area contributed by atoms with Crippen LogP contribution in [0.3, 0.4) is 0 Å². The van der Waals surface area contributed by atoms with Gasteiger partial charge >= 0.3 is 6.36 Å². The molecule has 1 fully saturated rings. The first-order chi connectivity index (χ1) is 12.9. The molecule has 0 aliphatic carbocycles. The third-order valence-corrected chi connectivity index (χ3v) is 4.48. The van der Waals surface area contributed by atoms with Crippen molar-refractivity contribution in [3.8, 4) is 17.0 Å². The van der Waals surface area contributed by atoms with Crippen LogP contribution in [0.15, 0.2) is 30.6 Å². The Kier molecular flexibility index (Phi) is 4.34. The van der Waals surface area contributed by atoms with Crippen LogP contribution >= 0.6 is 0 Å². The van der Waals surface area contributed by atoms with Gasteiger partial charge in [-0.1, -0.05) is 12.1 Å². The summed E-state index contributed by atoms with van der Waals surface area (Å²) in [5.41, 5.74) is 7.49. The van der Waals surface area contributed by atoms with Gasteiger partial charge in [-0.05, 0) is 31.5 Å². The Hall–Kier alpha value is -2.88. The number of nitrogens with zero attached hydrogens (tertiary/aromatic N) is 4. The molecule has 0 unspecified atom stereocenters. The predicted molar refractivity (Wildman–Crippen MR) is 93.0 cm³/mol. The lowest BCUT2D eigenvalue weighted by Crippen LogP contribution is -2.32. The van der Waals surface area contributed by atoms with Crippen molar-refractivity contribution in [2.75, 3.05) is 18.8 Å². The Bertz CT molecular complexity index is 965. The van der Waals surface area contributed by atoms with Crippen LogP contribution in [-0.4, -0.2) is 39.2 Å². The first-order valence-corrected chi connectivity index (χ1v) is 8.48. The number of ether oxygens (including phenoxy) is 1. The zero-order valence-corrected chi connectivity index (χ0v) is 14.2. The minimum Gasteiger partial charge on any atom is -0.406 e. The predicted octanol–water partition coefficient (Wildman–Crippen LogP) is 2.90. The highest BCUT2D eigenvalue weighted by molar-refractivity contribution is 5.98. The molecule has 7 nitrogen and oxygen atoms in total. The Morgan fingerprint density at radius 2 is 2.11 bits per heavy atom. The van der Waals surface area contributed by atoms with Crippen molar-refractivity contribution in [1.29, 1.82) is 0 Å². The molecule has 0 saturated carbocycles. The van der Waals surface area contributed by atoms with Crippen LogP contribution in [-0.2, 0) is 0 Å². The molecule has 0 amide bonds. The minimum atomic E-state index is -4.77. The molecular formula is C17H17F3N6O. The Labute approximate surface area is 152 Å². The van der Waals surface area contributed by atoms with Crippen LogP contribution in [0.2, 0.25) is 0 Å². The summed E-state index contributed by atoms with van der Waals surface area (Å²) in [6, 6.07) is 5.73. The molecule has 1 saturated heterocycles. The number of aromatic nitrogens is 4. The molecule has 27 heavy (non-hydrogen) atoms. The highest BCUT2D eigenvalue weighted by Crippen LogP contribution is 2.35. The van der Waals surface area contributed by atoms with E-state index in [9.17, 15) is 13.2 Å². The number of nitrogen functional groups attached to an aromatic ring is 1. The first kappa shape index (κ1) is 17.5. The average molecular weight is 378 g/mol. The fourth-order valence-electron chi connectivity index (χ4n) is 3.33. The molecule has 10 heteroatoms. The number of benzene rings is 1. The molecule has 0 radical (unpaired) electrons. The van der Waals surface area contributed by atoms with Gasteiger partial charge in [0, 0.05) is 12.1 Å². The second-order valence-corrected chi connectivity index (χ2v) is 6.33. The number of hydrogen-bond acceptors (Lipinski definition) is 6. The molecule has 4 rings (SSSR count). The zero-order valence-electron chi connectivity index (χ0n) is 14.2. The lowest BCUT2D eigenvalue weighted by molar-refractivity contribution is -0.274. The summed E-state index contributed by atoms with van der Waals surface area (Å²) in [6.07, 6.45) is -1.49. The SMILES string of the molecule is Nc1ncnc2c1c(-c1cccc(OC(F)(F)F)c1)nn2[C@@H]1CCCNC1.